The van der Waals surface area contributed by atoms with E-state index in [1.165, 1.54) is 77.4 Å². The highest BCUT2D eigenvalue weighted by Crippen LogP contribution is 2.40. The molecule has 0 radical (unpaired) electrons. The van der Waals surface area contributed by atoms with Crippen molar-refractivity contribution in [3.63, 3.8) is 0 Å². The maximum atomic E-state index is 7.59. The summed E-state index contributed by atoms with van der Waals surface area (Å²) < 4.78 is 2.44. The minimum absolute atomic E-state index is 0.942. The zero-order chi connectivity index (χ0) is 36.8. The molecule has 54 heavy (non-hydrogen) atoms. The molecule has 1 N–H and O–H groups in total. The molecule has 256 valence electrons. The molecule has 0 aliphatic rings. The third-order valence-electron chi connectivity index (χ3n) is 10.8. The summed E-state index contributed by atoms with van der Waals surface area (Å²) in [5.41, 5.74) is 12.6. The second-order valence-corrected chi connectivity index (χ2v) is 13.7. The van der Waals surface area contributed by atoms with Crippen molar-refractivity contribution >= 4 is 71.5 Å². The SMILES string of the molecule is C=C/C(=C\C=N)c1cccc2cc(-c3ccc4c(ccc5c6ccc(-c7ccc8c(/C(C=C)=C/C)cccc8c7)cc6n(-c6ccccc6)c45)c3)ccc12. The lowest BCUT2D eigenvalue weighted by Gasteiger charge is -2.12. The normalized spacial score (nSPS) is 12.2. The lowest BCUT2D eigenvalue weighted by atomic mass is 9.94. The molecule has 1 aromatic heterocycles. The molecule has 0 bridgehead atoms. The van der Waals surface area contributed by atoms with Crippen LogP contribution in [-0.4, -0.2) is 10.8 Å². The first kappa shape index (κ1) is 32.8. The highest BCUT2D eigenvalue weighted by molar-refractivity contribution is 6.19. The average Bonchev–Trinajstić information content (AvgIpc) is 3.57. The van der Waals surface area contributed by atoms with Crippen LogP contribution in [0.5, 0.6) is 0 Å². The van der Waals surface area contributed by atoms with Crippen LogP contribution in [0.1, 0.15) is 18.1 Å². The van der Waals surface area contributed by atoms with Crippen LogP contribution in [0.15, 0.2) is 189 Å². The Bertz CT molecular complexity index is 3040. The quantitative estimate of drug-likeness (QED) is 0.121. The van der Waals surface area contributed by atoms with Gasteiger partial charge >= 0.3 is 0 Å². The molecule has 0 saturated heterocycles. The van der Waals surface area contributed by atoms with Crippen LogP contribution in [0, 0.1) is 5.41 Å². The van der Waals surface area contributed by atoms with E-state index in [9.17, 15) is 0 Å². The van der Waals surface area contributed by atoms with Gasteiger partial charge in [0.15, 0.2) is 0 Å². The fourth-order valence-corrected chi connectivity index (χ4v) is 8.21. The topological polar surface area (TPSA) is 28.8 Å². The maximum Gasteiger partial charge on any atom is 0.0619 e. The number of benzene rings is 8. The van der Waals surface area contributed by atoms with Gasteiger partial charge in [-0.05, 0) is 121 Å². The molecule has 8 aromatic carbocycles. The predicted octanol–water partition coefficient (Wildman–Crippen LogP) is 14.4. The number of para-hydroxylation sites is 1. The molecule has 9 rings (SSSR count). The van der Waals surface area contributed by atoms with Gasteiger partial charge < -0.3 is 9.98 Å². The van der Waals surface area contributed by atoms with Crippen molar-refractivity contribution < 1.29 is 0 Å². The van der Waals surface area contributed by atoms with Crippen LogP contribution in [0.4, 0.5) is 0 Å². The number of hydrogen-bond acceptors (Lipinski definition) is 1. The number of nitrogens with one attached hydrogen (secondary N) is 1. The Balaban J connectivity index is 1.20. The molecule has 0 aliphatic carbocycles. The Labute approximate surface area is 315 Å². The standard InChI is InChI=1S/C52H38N2/c1-4-34(5-2)44-16-10-12-40-31-38(19-23-46(40)44)39-21-26-49-50-27-22-42-32-37(20-25-48(42)52(50)54(51(49)33-39)43-14-8-7-9-15-43)36-18-24-47-41(30-36)13-11-17-45(47)35(6-3)28-29-53/h4-33,53H,1,3H2,2H3/b34-5+,35-28+,53-29?. The van der Waals surface area contributed by atoms with Gasteiger partial charge in [0, 0.05) is 28.1 Å². The second-order valence-electron chi connectivity index (χ2n) is 13.7. The minimum Gasteiger partial charge on any atom is -0.309 e. The fourth-order valence-electron chi connectivity index (χ4n) is 8.21. The van der Waals surface area contributed by atoms with Crippen molar-refractivity contribution in [2.45, 2.75) is 6.92 Å². The van der Waals surface area contributed by atoms with Gasteiger partial charge in [-0.3, -0.25) is 0 Å². The van der Waals surface area contributed by atoms with Crippen molar-refractivity contribution in [3.05, 3.63) is 200 Å². The Kier molecular flexibility index (Phi) is 8.21. The summed E-state index contributed by atoms with van der Waals surface area (Å²) in [5, 5.41) is 17.2. The molecular formula is C52H38N2. The minimum atomic E-state index is 0.942. The monoisotopic (exact) mass is 690 g/mol. The molecule has 0 fully saturated rings. The molecule has 0 saturated carbocycles. The van der Waals surface area contributed by atoms with E-state index in [1.807, 2.05) is 12.2 Å². The predicted molar refractivity (Wildman–Crippen MR) is 235 cm³/mol. The van der Waals surface area contributed by atoms with Gasteiger partial charge in [-0.25, -0.2) is 0 Å². The van der Waals surface area contributed by atoms with Gasteiger partial charge in [0.05, 0.1) is 11.0 Å². The number of fused-ring (bicyclic) bond motifs is 7. The summed E-state index contributed by atoms with van der Waals surface area (Å²) in [6.07, 6.45) is 8.97. The average molecular weight is 691 g/mol. The Morgan fingerprint density at radius 2 is 1.02 bits per heavy atom. The van der Waals surface area contributed by atoms with Gasteiger partial charge in [0.2, 0.25) is 0 Å². The molecule has 0 atom stereocenters. The van der Waals surface area contributed by atoms with Crippen molar-refractivity contribution in [2.75, 3.05) is 0 Å². The summed E-state index contributed by atoms with van der Waals surface area (Å²) in [4.78, 5) is 0. The summed E-state index contributed by atoms with van der Waals surface area (Å²) in [6.45, 7) is 10.1. The van der Waals surface area contributed by atoms with Crippen LogP contribution in [0.25, 0.3) is 93.2 Å². The van der Waals surface area contributed by atoms with E-state index in [2.05, 4.69) is 182 Å². The summed E-state index contributed by atoms with van der Waals surface area (Å²) in [5.74, 6) is 0. The third-order valence-corrected chi connectivity index (χ3v) is 10.8. The Hall–Kier alpha value is -7.03. The summed E-state index contributed by atoms with van der Waals surface area (Å²) in [7, 11) is 0. The maximum absolute atomic E-state index is 7.59. The molecule has 0 unspecified atom stereocenters. The molecule has 2 heteroatoms. The van der Waals surface area contributed by atoms with E-state index >= 15 is 0 Å². The summed E-state index contributed by atoms with van der Waals surface area (Å²) in [6, 6.07) is 55.3. The lowest BCUT2D eigenvalue weighted by Crippen LogP contribution is -1.94. The second kappa shape index (κ2) is 13.5. The third kappa shape index (κ3) is 5.39. The van der Waals surface area contributed by atoms with E-state index in [-0.39, 0.29) is 0 Å². The molecule has 0 amide bonds. The lowest BCUT2D eigenvalue weighted by molar-refractivity contribution is 1.19. The molecule has 0 aliphatic heterocycles. The smallest absolute Gasteiger partial charge is 0.0619 e. The fraction of sp³-hybridized carbons (Fsp3) is 0.0192. The molecule has 1 heterocycles. The van der Waals surface area contributed by atoms with E-state index in [4.69, 9.17) is 5.41 Å². The van der Waals surface area contributed by atoms with Gasteiger partial charge in [0.1, 0.15) is 0 Å². The summed E-state index contributed by atoms with van der Waals surface area (Å²) >= 11 is 0. The van der Waals surface area contributed by atoms with E-state index in [0.29, 0.717) is 0 Å². The van der Waals surface area contributed by atoms with Crippen LogP contribution >= 0.6 is 0 Å². The van der Waals surface area contributed by atoms with Crippen molar-refractivity contribution in [3.8, 4) is 27.9 Å². The highest BCUT2D eigenvalue weighted by atomic mass is 15.0. The Morgan fingerprint density at radius 3 is 1.59 bits per heavy atom. The number of hydrogen-bond donors (Lipinski definition) is 1. The van der Waals surface area contributed by atoms with Crippen LogP contribution in [0.3, 0.4) is 0 Å². The van der Waals surface area contributed by atoms with Gasteiger partial charge in [-0.2, -0.15) is 0 Å². The van der Waals surface area contributed by atoms with Crippen LogP contribution < -0.4 is 0 Å². The molecule has 2 nitrogen and oxygen atoms in total. The molecule has 9 aromatic rings. The first-order valence-corrected chi connectivity index (χ1v) is 18.4. The zero-order valence-electron chi connectivity index (χ0n) is 30.2. The first-order valence-electron chi connectivity index (χ1n) is 18.4. The highest BCUT2D eigenvalue weighted by Gasteiger charge is 2.17. The van der Waals surface area contributed by atoms with Gasteiger partial charge in [-0.1, -0.05) is 147 Å². The number of nitrogens with zero attached hydrogens (tertiary/aromatic N) is 1. The van der Waals surface area contributed by atoms with Crippen molar-refractivity contribution in [1.29, 1.82) is 5.41 Å². The first-order chi connectivity index (χ1) is 26.6. The van der Waals surface area contributed by atoms with E-state index in [1.54, 1.807) is 6.08 Å². The van der Waals surface area contributed by atoms with Crippen molar-refractivity contribution in [1.82, 2.24) is 4.57 Å². The van der Waals surface area contributed by atoms with Crippen LogP contribution in [-0.2, 0) is 0 Å². The van der Waals surface area contributed by atoms with Crippen molar-refractivity contribution in [2.24, 2.45) is 0 Å². The van der Waals surface area contributed by atoms with E-state index < -0.39 is 0 Å². The largest absolute Gasteiger partial charge is 0.309 e. The number of allylic oxidation sites excluding steroid dienone is 6. The number of rotatable bonds is 8. The van der Waals surface area contributed by atoms with Crippen LogP contribution in [0.2, 0.25) is 0 Å². The zero-order valence-corrected chi connectivity index (χ0v) is 30.2. The molecular weight excluding hydrogens is 653 g/mol. The molecule has 0 spiro atoms. The Morgan fingerprint density at radius 1 is 0.500 bits per heavy atom. The number of aromatic nitrogens is 1. The van der Waals surface area contributed by atoms with Gasteiger partial charge in [-0.15, -0.1) is 0 Å². The van der Waals surface area contributed by atoms with Gasteiger partial charge in [0.25, 0.3) is 0 Å². The van der Waals surface area contributed by atoms with E-state index in [0.717, 1.165) is 33.2 Å².